The molecular weight excluding hydrogens is 398 g/mol. The number of ether oxygens (including phenoxy) is 1. The molecule has 0 heterocycles. The molecule has 3 N–H and O–H groups in total. The maximum atomic E-state index is 12.7. The number of phenols is 1. The van der Waals surface area contributed by atoms with Gasteiger partial charge in [0.1, 0.15) is 18.1 Å². The van der Waals surface area contributed by atoms with E-state index in [2.05, 4.69) is 0 Å². The van der Waals surface area contributed by atoms with Crippen molar-refractivity contribution >= 4 is 22.3 Å². The lowest BCUT2D eigenvalue weighted by Crippen LogP contribution is -2.02. The predicted molar refractivity (Wildman–Crippen MR) is 118 cm³/mol. The Balaban J connectivity index is 1.73. The van der Waals surface area contributed by atoms with Gasteiger partial charge in [-0.2, -0.15) is 0 Å². The fourth-order valence-electron chi connectivity index (χ4n) is 3.13. The Labute approximate surface area is 179 Å². The summed E-state index contributed by atoms with van der Waals surface area (Å²) >= 11 is 0. The summed E-state index contributed by atoms with van der Waals surface area (Å²) in [5, 5.41) is 10.4. The van der Waals surface area contributed by atoms with Crippen molar-refractivity contribution in [2.45, 2.75) is 43.1 Å². The third-order valence-corrected chi connectivity index (χ3v) is 6.15. The summed E-state index contributed by atoms with van der Waals surface area (Å²) in [7, 11) is -1.28. The van der Waals surface area contributed by atoms with Crippen molar-refractivity contribution in [3.05, 3.63) is 77.4 Å². The molecule has 156 valence electrons. The molecule has 0 radical (unpaired) electrons. The highest BCUT2D eigenvalue weighted by Crippen LogP contribution is 2.33. The van der Waals surface area contributed by atoms with Gasteiger partial charge in [-0.05, 0) is 67.4 Å². The smallest absolute Gasteiger partial charge is 0.163 e. The molecular formula is C24H25NO4S. The largest absolute Gasteiger partial charge is 0.507 e. The van der Waals surface area contributed by atoms with Crippen LogP contribution in [0.4, 0.5) is 5.69 Å². The van der Waals surface area contributed by atoms with Crippen molar-refractivity contribution in [1.29, 1.82) is 0 Å². The molecule has 0 fully saturated rings. The summed E-state index contributed by atoms with van der Waals surface area (Å²) in [6, 6.07) is 17.7. The van der Waals surface area contributed by atoms with Crippen LogP contribution in [0.1, 0.15) is 41.8 Å². The van der Waals surface area contributed by atoms with E-state index in [-0.39, 0.29) is 11.5 Å². The zero-order chi connectivity index (χ0) is 21.7. The van der Waals surface area contributed by atoms with Gasteiger partial charge in [-0.1, -0.05) is 25.5 Å². The molecule has 3 rings (SSSR count). The minimum absolute atomic E-state index is 0.00362. The number of nitrogens with two attached hydrogens (primary N) is 1. The minimum Gasteiger partial charge on any atom is -0.507 e. The van der Waals surface area contributed by atoms with Gasteiger partial charge in [0, 0.05) is 21.0 Å². The first-order valence-corrected chi connectivity index (χ1v) is 10.9. The molecule has 3 aromatic rings. The first-order valence-electron chi connectivity index (χ1n) is 9.75. The monoisotopic (exact) mass is 423 g/mol. The average molecular weight is 424 g/mol. The second-order valence-electron chi connectivity index (χ2n) is 7.01. The zero-order valence-corrected chi connectivity index (χ0v) is 17.9. The second-order valence-corrected chi connectivity index (χ2v) is 8.50. The molecule has 0 saturated heterocycles. The third-order valence-electron chi connectivity index (χ3n) is 4.75. The Bertz CT molecular complexity index is 1060. The average Bonchev–Trinajstić information content (AvgIpc) is 2.74. The molecule has 0 amide bonds. The van der Waals surface area contributed by atoms with Gasteiger partial charge in [0.05, 0.1) is 16.4 Å². The van der Waals surface area contributed by atoms with E-state index in [0.717, 1.165) is 12.0 Å². The van der Waals surface area contributed by atoms with Crippen molar-refractivity contribution in [1.82, 2.24) is 0 Å². The van der Waals surface area contributed by atoms with Gasteiger partial charge >= 0.3 is 0 Å². The number of nitrogen functional groups attached to an aromatic ring is 1. The lowest BCUT2D eigenvalue weighted by Gasteiger charge is -2.15. The van der Waals surface area contributed by atoms with E-state index >= 15 is 0 Å². The highest BCUT2D eigenvalue weighted by Gasteiger charge is 2.16. The molecule has 0 aliphatic rings. The van der Waals surface area contributed by atoms with Crippen molar-refractivity contribution in [2.75, 3.05) is 5.73 Å². The molecule has 30 heavy (non-hydrogen) atoms. The summed E-state index contributed by atoms with van der Waals surface area (Å²) in [5.41, 5.74) is 8.17. The van der Waals surface area contributed by atoms with Gasteiger partial charge in [0.15, 0.2) is 5.78 Å². The van der Waals surface area contributed by atoms with Gasteiger partial charge in [0.25, 0.3) is 0 Å². The fourth-order valence-corrected chi connectivity index (χ4v) is 4.17. The summed E-state index contributed by atoms with van der Waals surface area (Å²) in [6.45, 7) is 3.73. The summed E-state index contributed by atoms with van der Waals surface area (Å²) in [5.74, 6) is 0.381. The van der Waals surface area contributed by atoms with Crippen LogP contribution in [0.25, 0.3) is 0 Å². The fraction of sp³-hybridized carbons (Fsp3) is 0.208. The molecule has 3 aromatic carbocycles. The van der Waals surface area contributed by atoms with E-state index in [1.165, 1.54) is 6.92 Å². The molecule has 0 saturated carbocycles. The van der Waals surface area contributed by atoms with Crippen LogP contribution < -0.4 is 10.5 Å². The summed E-state index contributed by atoms with van der Waals surface area (Å²) in [4.78, 5) is 13.1. The second kappa shape index (κ2) is 9.59. The van der Waals surface area contributed by atoms with Gasteiger partial charge < -0.3 is 15.6 Å². The quantitative estimate of drug-likeness (QED) is 0.398. The van der Waals surface area contributed by atoms with Crippen LogP contribution in [0, 0.1) is 0 Å². The van der Waals surface area contributed by atoms with Crippen molar-refractivity contribution < 1.29 is 18.8 Å². The van der Waals surface area contributed by atoms with Crippen LogP contribution in [-0.2, 0) is 23.8 Å². The van der Waals surface area contributed by atoms with E-state index < -0.39 is 10.8 Å². The van der Waals surface area contributed by atoms with Crippen LogP contribution in [0.3, 0.4) is 0 Å². The molecule has 0 aliphatic carbocycles. The molecule has 0 aromatic heterocycles. The highest BCUT2D eigenvalue weighted by atomic mass is 32.2. The third kappa shape index (κ3) is 4.89. The predicted octanol–water partition coefficient (Wildman–Crippen LogP) is 4.88. The lowest BCUT2D eigenvalue weighted by molar-refractivity contribution is 0.101. The number of ketones is 1. The number of rotatable bonds is 8. The van der Waals surface area contributed by atoms with Gasteiger partial charge in [-0.15, -0.1) is 0 Å². The number of benzene rings is 3. The standard InChI is InChI=1S/C24H25NO4S/c1-3-4-22-23(14-13-21(16(2)26)24(22)27)29-15-17-5-9-19(10-6-17)30(28)20-11-7-18(25)8-12-20/h5-14,27H,3-4,15,25H2,1-2H3. The normalized spacial score (nSPS) is 11.8. The number of Topliss-reactive ketones (excluding diaryl/α,β-unsaturated/α-hetero) is 1. The SMILES string of the molecule is CCCc1c(OCc2ccc(S(=O)c3ccc(N)cc3)cc2)ccc(C(C)=O)c1O. The maximum Gasteiger partial charge on any atom is 0.163 e. The Morgan fingerprint density at radius 3 is 2.17 bits per heavy atom. The van der Waals surface area contributed by atoms with Crippen LogP contribution >= 0.6 is 0 Å². The Kier molecular flexibility index (Phi) is 6.90. The lowest BCUT2D eigenvalue weighted by atomic mass is 10.0. The Morgan fingerprint density at radius 2 is 1.60 bits per heavy atom. The van der Waals surface area contributed by atoms with Gasteiger partial charge in [-0.3, -0.25) is 4.79 Å². The minimum atomic E-state index is -1.28. The van der Waals surface area contributed by atoms with Gasteiger partial charge in [-0.25, -0.2) is 4.21 Å². The number of aromatic hydroxyl groups is 1. The molecule has 1 unspecified atom stereocenters. The molecule has 0 aliphatic heterocycles. The number of hydrogen-bond acceptors (Lipinski definition) is 5. The number of phenolic OH excluding ortho intramolecular Hbond substituents is 1. The van der Waals surface area contributed by atoms with Crippen molar-refractivity contribution in [3.8, 4) is 11.5 Å². The van der Waals surface area contributed by atoms with Crippen LogP contribution in [-0.4, -0.2) is 15.1 Å². The van der Waals surface area contributed by atoms with E-state index in [4.69, 9.17) is 10.5 Å². The van der Waals surface area contributed by atoms with E-state index in [0.29, 0.717) is 45.4 Å². The number of carbonyl (C=O) groups is 1. The summed E-state index contributed by atoms with van der Waals surface area (Å²) in [6.07, 6.45) is 1.43. The molecule has 5 nitrogen and oxygen atoms in total. The van der Waals surface area contributed by atoms with E-state index in [9.17, 15) is 14.1 Å². The number of hydrogen-bond donors (Lipinski definition) is 2. The van der Waals surface area contributed by atoms with Crippen LogP contribution in [0.5, 0.6) is 11.5 Å². The topological polar surface area (TPSA) is 89.6 Å². The molecule has 1 atom stereocenters. The Morgan fingerprint density at radius 1 is 1.00 bits per heavy atom. The van der Waals surface area contributed by atoms with E-state index in [1.807, 2.05) is 31.2 Å². The first kappa shape index (κ1) is 21.6. The number of carbonyl (C=O) groups excluding carboxylic acids is 1. The van der Waals surface area contributed by atoms with E-state index in [1.54, 1.807) is 36.4 Å². The van der Waals surface area contributed by atoms with Crippen molar-refractivity contribution in [2.24, 2.45) is 0 Å². The van der Waals surface area contributed by atoms with Crippen molar-refractivity contribution in [3.63, 3.8) is 0 Å². The van der Waals surface area contributed by atoms with Crippen LogP contribution in [0.15, 0.2) is 70.5 Å². The van der Waals surface area contributed by atoms with Crippen LogP contribution in [0.2, 0.25) is 0 Å². The highest BCUT2D eigenvalue weighted by molar-refractivity contribution is 7.85. The first-order chi connectivity index (χ1) is 14.4. The van der Waals surface area contributed by atoms with Gasteiger partial charge in [0.2, 0.25) is 0 Å². The molecule has 0 spiro atoms. The summed E-state index contributed by atoms with van der Waals surface area (Å²) < 4.78 is 18.6. The zero-order valence-electron chi connectivity index (χ0n) is 17.1. The molecule has 6 heteroatoms. The molecule has 0 bridgehead atoms. The Hall–Kier alpha value is -3.12. The maximum absolute atomic E-state index is 12.7. The number of anilines is 1.